The molecule has 2 N–H and O–H groups in total. The molecule has 0 saturated heterocycles. The van der Waals surface area contributed by atoms with Gasteiger partial charge < -0.3 is 10.5 Å². The van der Waals surface area contributed by atoms with Gasteiger partial charge in [0.15, 0.2) is 0 Å². The molecule has 0 unspecified atom stereocenters. The summed E-state index contributed by atoms with van der Waals surface area (Å²) >= 11 is 0. The van der Waals surface area contributed by atoms with Crippen molar-refractivity contribution in [3.8, 4) is 6.01 Å². The zero-order valence-corrected chi connectivity index (χ0v) is 6.04. The standard InChI is InChI=1S/C6H8FN3O/c1-11-6-9-3-4(8)5(2-7)10-6/h3H,2,8H2,1H3. The molecule has 1 heterocycles. The van der Waals surface area contributed by atoms with Gasteiger partial charge in [0.2, 0.25) is 0 Å². The molecule has 0 atom stereocenters. The summed E-state index contributed by atoms with van der Waals surface area (Å²) in [5.74, 6) is 0. The van der Waals surface area contributed by atoms with E-state index < -0.39 is 6.67 Å². The number of alkyl halides is 1. The summed E-state index contributed by atoms with van der Waals surface area (Å²) in [5, 5.41) is 0. The number of rotatable bonds is 2. The highest BCUT2D eigenvalue weighted by Crippen LogP contribution is 2.11. The zero-order chi connectivity index (χ0) is 8.27. The molecule has 0 fully saturated rings. The number of hydrogen-bond acceptors (Lipinski definition) is 4. The summed E-state index contributed by atoms with van der Waals surface area (Å²) in [4.78, 5) is 7.36. The van der Waals surface area contributed by atoms with E-state index in [2.05, 4.69) is 14.7 Å². The summed E-state index contributed by atoms with van der Waals surface area (Å²) in [6.07, 6.45) is 1.32. The lowest BCUT2D eigenvalue weighted by Crippen LogP contribution is -2.00. The number of nitrogens with two attached hydrogens (primary N) is 1. The molecule has 0 aromatic carbocycles. The molecule has 0 bridgehead atoms. The summed E-state index contributed by atoms with van der Waals surface area (Å²) in [6, 6.07) is 0.131. The fraction of sp³-hybridized carbons (Fsp3) is 0.333. The highest BCUT2D eigenvalue weighted by atomic mass is 19.1. The van der Waals surface area contributed by atoms with E-state index in [0.717, 1.165) is 0 Å². The van der Waals surface area contributed by atoms with Crippen LogP contribution in [0.25, 0.3) is 0 Å². The van der Waals surface area contributed by atoms with E-state index in [0.29, 0.717) is 0 Å². The van der Waals surface area contributed by atoms with Crippen molar-refractivity contribution in [3.05, 3.63) is 11.9 Å². The molecule has 0 aliphatic rings. The van der Waals surface area contributed by atoms with Gasteiger partial charge in [-0.2, -0.15) is 4.98 Å². The van der Waals surface area contributed by atoms with Crippen molar-refractivity contribution in [1.82, 2.24) is 9.97 Å². The minimum absolute atomic E-state index is 0.131. The van der Waals surface area contributed by atoms with Crippen molar-refractivity contribution in [3.63, 3.8) is 0 Å². The van der Waals surface area contributed by atoms with Crippen molar-refractivity contribution < 1.29 is 9.13 Å². The Balaban J connectivity index is 3.02. The zero-order valence-electron chi connectivity index (χ0n) is 6.04. The van der Waals surface area contributed by atoms with Gasteiger partial charge in [0.1, 0.15) is 12.4 Å². The van der Waals surface area contributed by atoms with Gasteiger partial charge in [-0.15, -0.1) is 0 Å². The lowest BCUT2D eigenvalue weighted by atomic mass is 10.4. The number of nitrogen functional groups attached to an aromatic ring is 1. The number of halogens is 1. The molecule has 4 nitrogen and oxygen atoms in total. The predicted molar refractivity (Wildman–Crippen MR) is 37.8 cm³/mol. The molecular formula is C6H8FN3O. The maximum atomic E-state index is 12.1. The first-order valence-corrected chi connectivity index (χ1v) is 2.99. The maximum Gasteiger partial charge on any atom is 0.316 e. The second-order valence-corrected chi connectivity index (χ2v) is 1.89. The van der Waals surface area contributed by atoms with Gasteiger partial charge >= 0.3 is 6.01 Å². The first kappa shape index (κ1) is 7.71. The van der Waals surface area contributed by atoms with Crippen LogP contribution in [0.1, 0.15) is 5.69 Å². The van der Waals surface area contributed by atoms with Crippen LogP contribution in [0, 0.1) is 0 Å². The Hall–Kier alpha value is -1.39. The van der Waals surface area contributed by atoms with Crippen LogP contribution in [-0.4, -0.2) is 17.1 Å². The highest BCUT2D eigenvalue weighted by molar-refractivity contribution is 5.40. The van der Waals surface area contributed by atoms with Crippen LogP contribution in [0.3, 0.4) is 0 Å². The van der Waals surface area contributed by atoms with Crippen molar-refractivity contribution in [1.29, 1.82) is 0 Å². The van der Waals surface area contributed by atoms with Crippen molar-refractivity contribution in [2.45, 2.75) is 6.67 Å². The third kappa shape index (κ3) is 1.54. The highest BCUT2D eigenvalue weighted by Gasteiger charge is 2.02. The SMILES string of the molecule is COc1ncc(N)c(CF)n1. The van der Waals surface area contributed by atoms with Gasteiger partial charge in [0, 0.05) is 0 Å². The third-order valence-electron chi connectivity index (χ3n) is 1.19. The second-order valence-electron chi connectivity index (χ2n) is 1.89. The topological polar surface area (TPSA) is 61.0 Å². The molecule has 1 rings (SSSR count). The lowest BCUT2D eigenvalue weighted by molar-refractivity contribution is 0.373. The fourth-order valence-electron chi connectivity index (χ4n) is 0.614. The minimum atomic E-state index is -0.704. The normalized spacial score (nSPS) is 9.64. The molecule has 0 aliphatic carbocycles. The Kier molecular flexibility index (Phi) is 2.20. The molecule has 0 saturated carbocycles. The van der Waals surface area contributed by atoms with Gasteiger partial charge in [-0.25, -0.2) is 9.37 Å². The lowest BCUT2D eigenvalue weighted by Gasteiger charge is -2.01. The van der Waals surface area contributed by atoms with Gasteiger partial charge in [0.05, 0.1) is 19.0 Å². The first-order chi connectivity index (χ1) is 5.27. The van der Waals surface area contributed by atoms with Crippen molar-refractivity contribution in [2.75, 3.05) is 12.8 Å². The van der Waals surface area contributed by atoms with Crippen molar-refractivity contribution in [2.24, 2.45) is 0 Å². The minimum Gasteiger partial charge on any atom is -0.467 e. The molecule has 60 valence electrons. The second kappa shape index (κ2) is 3.14. The first-order valence-electron chi connectivity index (χ1n) is 2.99. The van der Waals surface area contributed by atoms with E-state index in [9.17, 15) is 4.39 Å². The van der Waals surface area contributed by atoms with Crippen LogP contribution < -0.4 is 10.5 Å². The van der Waals surface area contributed by atoms with Crippen LogP contribution in [0.5, 0.6) is 6.01 Å². The number of ether oxygens (including phenoxy) is 1. The van der Waals surface area contributed by atoms with E-state index in [-0.39, 0.29) is 17.4 Å². The summed E-state index contributed by atoms with van der Waals surface area (Å²) in [7, 11) is 1.41. The number of hydrogen-bond donors (Lipinski definition) is 1. The fourth-order valence-corrected chi connectivity index (χ4v) is 0.614. The summed E-state index contributed by atoms with van der Waals surface area (Å²) < 4.78 is 16.7. The van der Waals surface area contributed by atoms with Crippen LogP contribution in [-0.2, 0) is 6.67 Å². The molecule has 0 spiro atoms. The molecular weight excluding hydrogens is 149 g/mol. The molecule has 0 aliphatic heterocycles. The largest absolute Gasteiger partial charge is 0.467 e. The Morgan fingerprint density at radius 1 is 1.73 bits per heavy atom. The van der Waals surface area contributed by atoms with E-state index in [4.69, 9.17) is 5.73 Å². The number of methoxy groups -OCH3 is 1. The predicted octanol–water partition coefficient (Wildman–Crippen LogP) is 0.537. The Morgan fingerprint density at radius 3 is 3.00 bits per heavy atom. The van der Waals surface area contributed by atoms with E-state index in [1.165, 1.54) is 13.3 Å². The van der Waals surface area contributed by atoms with E-state index in [1.807, 2.05) is 0 Å². The van der Waals surface area contributed by atoms with Gasteiger partial charge in [-0.05, 0) is 0 Å². The number of anilines is 1. The van der Waals surface area contributed by atoms with Crippen molar-refractivity contribution >= 4 is 5.69 Å². The quantitative estimate of drug-likeness (QED) is 0.680. The number of aromatic nitrogens is 2. The van der Waals surface area contributed by atoms with Crippen LogP contribution in [0.2, 0.25) is 0 Å². The monoisotopic (exact) mass is 157 g/mol. The summed E-state index contributed by atoms with van der Waals surface area (Å²) in [6.45, 7) is -0.704. The smallest absolute Gasteiger partial charge is 0.316 e. The molecule has 0 amide bonds. The van der Waals surface area contributed by atoms with E-state index in [1.54, 1.807) is 0 Å². The van der Waals surface area contributed by atoms with E-state index >= 15 is 0 Å². The van der Waals surface area contributed by atoms with Gasteiger partial charge in [-0.3, -0.25) is 0 Å². The third-order valence-corrected chi connectivity index (χ3v) is 1.19. The van der Waals surface area contributed by atoms with Crippen LogP contribution in [0.4, 0.5) is 10.1 Å². The summed E-state index contributed by atoms with van der Waals surface area (Å²) in [5.41, 5.74) is 5.74. The Morgan fingerprint density at radius 2 is 2.45 bits per heavy atom. The molecule has 1 aromatic rings. The average Bonchev–Trinajstić information content (AvgIpc) is 2.05. The molecule has 11 heavy (non-hydrogen) atoms. The van der Waals surface area contributed by atoms with Crippen LogP contribution >= 0.6 is 0 Å². The molecule has 1 aromatic heterocycles. The molecule has 5 heteroatoms. The maximum absolute atomic E-state index is 12.1. The van der Waals surface area contributed by atoms with Gasteiger partial charge in [-0.1, -0.05) is 0 Å². The average molecular weight is 157 g/mol. The van der Waals surface area contributed by atoms with Crippen LogP contribution in [0.15, 0.2) is 6.20 Å². The Labute approximate surface area is 63.2 Å². The van der Waals surface area contributed by atoms with Gasteiger partial charge in [0.25, 0.3) is 0 Å². The Bertz CT molecular complexity index is 254. The number of nitrogens with zero attached hydrogens (tertiary/aromatic N) is 2. The molecule has 0 radical (unpaired) electrons.